The maximum atomic E-state index is 7.90. The summed E-state index contributed by atoms with van der Waals surface area (Å²) in [6.07, 6.45) is 0. The summed E-state index contributed by atoms with van der Waals surface area (Å²) in [5.74, 6) is 0.799. The highest BCUT2D eigenvalue weighted by Gasteiger charge is 2.00. The van der Waals surface area contributed by atoms with Crippen molar-refractivity contribution < 1.29 is 0 Å². The second-order valence-electron chi connectivity index (χ2n) is 1.64. The van der Waals surface area contributed by atoms with Crippen molar-refractivity contribution in [2.45, 2.75) is 0 Å². The first-order chi connectivity index (χ1) is 4.43. The lowest BCUT2D eigenvalue weighted by molar-refractivity contribution is 0.953. The molecule has 1 aliphatic heterocycles. The largest absolute Gasteiger partial charge is 0.372 e. The molecular weight excluding hydrogens is 118 g/mol. The topological polar surface area (TPSA) is 73.2 Å². The van der Waals surface area contributed by atoms with Crippen LogP contribution in [0.4, 0.5) is 0 Å². The Morgan fingerprint density at radius 3 is 3.33 bits per heavy atom. The number of amidine groups is 1. The molecule has 0 saturated heterocycles. The van der Waals surface area contributed by atoms with Crippen LogP contribution in [-0.2, 0) is 0 Å². The van der Waals surface area contributed by atoms with E-state index in [0.717, 1.165) is 18.9 Å². The normalized spacial score (nSPS) is 15.8. The number of hydrogen-bond donors (Lipinski definition) is 1. The highest BCUT2D eigenvalue weighted by Crippen LogP contribution is 1.85. The summed E-state index contributed by atoms with van der Waals surface area (Å²) in [5.41, 5.74) is 7.90. The van der Waals surface area contributed by atoms with Crippen molar-refractivity contribution in [1.82, 2.24) is 5.32 Å². The van der Waals surface area contributed by atoms with Gasteiger partial charge in [0.05, 0.1) is 13.1 Å². The van der Waals surface area contributed by atoms with Crippen LogP contribution in [0.15, 0.2) is 10.1 Å². The Balaban J connectivity index is 2.34. The van der Waals surface area contributed by atoms with Gasteiger partial charge in [0.25, 0.3) is 0 Å². The minimum Gasteiger partial charge on any atom is -0.372 e. The number of rotatable bonds is 2. The van der Waals surface area contributed by atoms with E-state index in [1.54, 1.807) is 0 Å². The predicted octanol–water partition coefficient (Wildman–Crippen LogP) is 0.298. The number of hydrogen-bond acceptors (Lipinski definition) is 3. The van der Waals surface area contributed by atoms with E-state index >= 15 is 0 Å². The summed E-state index contributed by atoms with van der Waals surface area (Å²) in [5, 5.41) is 6.32. The van der Waals surface area contributed by atoms with Crippen molar-refractivity contribution in [2.24, 2.45) is 10.1 Å². The summed E-state index contributed by atoms with van der Waals surface area (Å²) in [6, 6.07) is 0. The maximum Gasteiger partial charge on any atom is 0.102 e. The van der Waals surface area contributed by atoms with E-state index in [-0.39, 0.29) is 0 Å². The van der Waals surface area contributed by atoms with Crippen molar-refractivity contribution in [3.63, 3.8) is 0 Å². The molecule has 0 amide bonds. The van der Waals surface area contributed by atoms with E-state index in [4.69, 9.17) is 5.53 Å². The van der Waals surface area contributed by atoms with Crippen molar-refractivity contribution in [3.8, 4) is 0 Å². The lowest BCUT2D eigenvalue weighted by atomic mass is 10.6. The quantitative estimate of drug-likeness (QED) is 0.321. The molecule has 1 heterocycles. The first-order valence-electron chi connectivity index (χ1n) is 2.71. The highest BCUT2D eigenvalue weighted by molar-refractivity contribution is 5.85. The van der Waals surface area contributed by atoms with E-state index in [2.05, 4.69) is 20.3 Å². The molecule has 0 aromatic heterocycles. The smallest absolute Gasteiger partial charge is 0.102 e. The predicted molar refractivity (Wildman–Crippen MR) is 34.3 cm³/mol. The van der Waals surface area contributed by atoms with Gasteiger partial charge < -0.3 is 5.32 Å². The van der Waals surface area contributed by atoms with Gasteiger partial charge in [-0.3, -0.25) is 4.99 Å². The molecule has 1 rings (SSSR count). The summed E-state index contributed by atoms with van der Waals surface area (Å²) in [4.78, 5) is 6.62. The van der Waals surface area contributed by atoms with Crippen molar-refractivity contribution >= 4 is 5.84 Å². The lowest BCUT2D eigenvalue weighted by Crippen LogP contribution is -2.20. The minimum atomic E-state index is 0.358. The number of aliphatic imine (C=N–C) groups is 1. The van der Waals surface area contributed by atoms with Gasteiger partial charge in [0, 0.05) is 11.5 Å². The molecule has 0 atom stereocenters. The van der Waals surface area contributed by atoms with Crippen LogP contribution in [0.3, 0.4) is 0 Å². The van der Waals surface area contributed by atoms with E-state index in [9.17, 15) is 0 Å². The van der Waals surface area contributed by atoms with Crippen LogP contribution in [0.5, 0.6) is 0 Å². The van der Waals surface area contributed by atoms with Crippen molar-refractivity contribution in [3.05, 3.63) is 10.4 Å². The van der Waals surface area contributed by atoms with Gasteiger partial charge in [-0.25, -0.2) is 0 Å². The van der Waals surface area contributed by atoms with Crippen LogP contribution in [0.1, 0.15) is 0 Å². The molecule has 5 heteroatoms. The van der Waals surface area contributed by atoms with E-state index in [0.29, 0.717) is 6.54 Å². The summed E-state index contributed by atoms with van der Waals surface area (Å²) >= 11 is 0. The van der Waals surface area contributed by atoms with Gasteiger partial charge in [-0.2, -0.15) is 0 Å². The molecule has 9 heavy (non-hydrogen) atoms. The standard InChI is InChI=1S/C4H7N5/c5-9-8-3-4-6-1-2-7-4/h1-3H2,(H,6,7). The Morgan fingerprint density at radius 2 is 2.78 bits per heavy atom. The molecular formula is C4H7N5. The summed E-state index contributed by atoms with van der Waals surface area (Å²) in [7, 11) is 0. The Labute approximate surface area is 52.4 Å². The Bertz CT molecular complexity index is 166. The highest BCUT2D eigenvalue weighted by atomic mass is 15.2. The third kappa shape index (κ3) is 1.62. The monoisotopic (exact) mass is 125 g/mol. The van der Waals surface area contributed by atoms with Gasteiger partial charge in [0.1, 0.15) is 5.84 Å². The Hall–Kier alpha value is -1.22. The van der Waals surface area contributed by atoms with Gasteiger partial charge >= 0.3 is 0 Å². The molecule has 0 aromatic rings. The number of nitrogens with one attached hydrogen (secondary N) is 1. The van der Waals surface area contributed by atoms with E-state index in [1.165, 1.54) is 0 Å². The molecule has 0 radical (unpaired) electrons. The van der Waals surface area contributed by atoms with Gasteiger partial charge in [0.15, 0.2) is 0 Å². The van der Waals surface area contributed by atoms with E-state index < -0.39 is 0 Å². The molecule has 48 valence electrons. The lowest BCUT2D eigenvalue weighted by Gasteiger charge is -1.92. The van der Waals surface area contributed by atoms with Crippen molar-refractivity contribution in [2.75, 3.05) is 19.6 Å². The van der Waals surface area contributed by atoms with Gasteiger partial charge in [-0.15, -0.1) is 0 Å². The number of azide groups is 1. The molecule has 5 nitrogen and oxygen atoms in total. The van der Waals surface area contributed by atoms with Crippen LogP contribution in [0.25, 0.3) is 10.4 Å². The molecule has 0 aromatic carbocycles. The Morgan fingerprint density at radius 1 is 1.89 bits per heavy atom. The summed E-state index contributed by atoms with van der Waals surface area (Å²) < 4.78 is 0. The maximum absolute atomic E-state index is 7.90. The number of nitrogens with zero attached hydrogens (tertiary/aromatic N) is 4. The molecule has 1 N–H and O–H groups in total. The third-order valence-corrected chi connectivity index (χ3v) is 1.03. The second-order valence-corrected chi connectivity index (χ2v) is 1.64. The van der Waals surface area contributed by atoms with Crippen LogP contribution in [0.2, 0.25) is 0 Å². The zero-order valence-corrected chi connectivity index (χ0v) is 4.91. The second kappa shape index (κ2) is 2.94. The van der Waals surface area contributed by atoms with E-state index in [1.807, 2.05) is 0 Å². The minimum absolute atomic E-state index is 0.358. The average molecular weight is 125 g/mol. The third-order valence-electron chi connectivity index (χ3n) is 1.03. The summed E-state index contributed by atoms with van der Waals surface area (Å²) in [6.45, 7) is 2.03. The average Bonchev–Trinajstić information content (AvgIpc) is 2.34. The van der Waals surface area contributed by atoms with Crippen LogP contribution < -0.4 is 5.32 Å². The van der Waals surface area contributed by atoms with Crippen LogP contribution in [0, 0.1) is 0 Å². The SMILES string of the molecule is [N-]=[N+]=NCC1=NCCN1. The fourth-order valence-corrected chi connectivity index (χ4v) is 0.651. The van der Waals surface area contributed by atoms with Gasteiger partial charge in [-0.1, -0.05) is 5.11 Å². The zero-order chi connectivity index (χ0) is 6.53. The van der Waals surface area contributed by atoms with Gasteiger partial charge in [-0.05, 0) is 5.53 Å². The molecule has 0 saturated carbocycles. The van der Waals surface area contributed by atoms with Crippen molar-refractivity contribution in [1.29, 1.82) is 0 Å². The van der Waals surface area contributed by atoms with Gasteiger partial charge in [0.2, 0.25) is 0 Å². The first kappa shape index (κ1) is 5.91. The molecule has 0 aliphatic carbocycles. The fraction of sp³-hybridized carbons (Fsp3) is 0.750. The molecule has 0 bridgehead atoms. The van der Waals surface area contributed by atoms with Crippen LogP contribution in [-0.4, -0.2) is 25.5 Å². The fourth-order valence-electron chi connectivity index (χ4n) is 0.651. The van der Waals surface area contributed by atoms with Crippen LogP contribution >= 0.6 is 0 Å². The molecule has 0 fully saturated rings. The Kier molecular flexibility index (Phi) is 1.93. The first-order valence-corrected chi connectivity index (χ1v) is 2.71. The molecule has 1 aliphatic rings. The molecule has 0 spiro atoms. The zero-order valence-electron chi connectivity index (χ0n) is 4.91. The molecule has 0 unspecified atom stereocenters.